The monoisotopic (exact) mass is 1630 g/mol. The van der Waals surface area contributed by atoms with Gasteiger partial charge in [-0.2, -0.15) is 0 Å². The standard InChI is InChI=1S/C44H32P2.3C17H14O.C4H9O.Na.2Pd/c1-5-19-35(20-6-1)45(36-21-7-2-8-22-36)41-31-29-33-17-13-15-27-39(33)43(41)44-40-28-16-14-18-34(40)30-32-42(44)46(37-23-9-3-10-24-37)38-25-11-4-12-26-38;3*18-17(13-11-15-7-3-1-4-8-15)14-12-16-9-5-2-6-10-16;1-4(2,3)5;;;/h1-32H;3*1-14H;1-3H3;;;/q;;;;-1;+1;;/b;3*13-11+,14-12+;;;;. The maximum Gasteiger partial charge on any atom is 1.00 e. The Labute approximate surface area is 689 Å². The van der Waals surface area contributed by atoms with Crippen LogP contribution in [-0.2, 0) is 55.2 Å². The molecule has 0 saturated carbocycles. The van der Waals surface area contributed by atoms with Gasteiger partial charge in [-0.05, 0) is 150 Å². The maximum absolute atomic E-state index is 11.6. The maximum atomic E-state index is 11.6. The van der Waals surface area contributed by atoms with Crippen molar-refractivity contribution in [2.24, 2.45) is 0 Å². The molecular weight excluding hydrogens is 1550 g/mol. The van der Waals surface area contributed by atoms with Gasteiger partial charge in [-0.3, -0.25) is 14.4 Å². The third kappa shape index (κ3) is 28.1. The van der Waals surface area contributed by atoms with E-state index in [1.807, 2.05) is 218 Å². The Morgan fingerprint density at radius 3 is 0.611 bits per heavy atom. The van der Waals surface area contributed by atoms with Crippen LogP contribution in [0.5, 0.6) is 0 Å². The molecule has 0 radical (unpaired) electrons. The average molecular weight is 1630 g/mol. The van der Waals surface area contributed by atoms with Crippen LogP contribution in [0.4, 0.5) is 0 Å². The molecule has 0 atom stereocenters. The van der Waals surface area contributed by atoms with E-state index in [-0.39, 0.29) is 87.8 Å². The number of benzene rings is 14. The first-order valence-electron chi connectivity index (χ1n) is 35.0. The van der Waals surface area contributed by atoms with Gasteiger partial charge in [0.25, 0.3) is 0 Å². The first-order chi connectivity index (χ1) is 51.4. The quantitative estimate of drug-likeness (QED) is 0.0459. The van der Waals surface area contributed by atoms with E-state index < -0.39 is 21.4 Å². The first kappa shape index (κ1) is 85.4. The summed E-state index contributed by atoms with van der Waals surface area (Å²) in [4.78, 5) is 34.8. The van der Waals surface area contributed by atoms with Crippen LogP contribution in [0.3, 0.4) is 0 Å². The average Bonchev–Trinajstić information content (AvgIpc) is 0.733. The Balaban J connectivity index is 0.000000218. The molecule has 108 heavy (non-hydrogen) atoms. The fraction of sp³-hybridized carbons (Fsp3) is 0.0404. The molecule has 0 amide bonds. The molecular formula is C99H83NaO4P2Pd2. The Bertz CT molecular complexity index is 4540. The van der Waals surface area contributed by atoms with E-state index in [9.17, 15) is 19.5 Å². The van der Waals surface area contributed by atoms with E-state index in [1.165, 1.54) is 64.5 Å². The van der Waals surface area contributed by atoms with Crippen LogP contribution in [-0.4, -0.2) is 23.0 Å². The zero-order valence-electron chi connectivity index (χ0n) is 60.9. The molecule has 14 rings (SSSR count). The molecule has 0 aromatic heterocycles. The fourth-order valence-corrected chi connectivity index (χ4v) is 16.2. The van der Waals surface area contributed by atoms with Crippen molar-refractivity contribution >= 4 is 123 Å². The third-order valence-corrected chi connectivity index (χ3v) is 21.0. The second-order valence-electron chi connectivity index (χ2n) is 25.2. The van der Waals surface area contributed by atoms with Gasteiger partial charge in [-0.25, -0.2) is 0 Å². The second kappa shape index (κ2) is 46.4. The molecule has 0 saturated heterocycles. The molecule has 14 aromatic carbocycles. The predicted octanol–water partition coefficient (Wildman–Crippen LogP) is 18.3. The summed E-state index contributed by atoms with van der Waals surface area (Å²) >= 11 is 0. The zero-order chi connectivity index (χ0) is 73.1. The molecule has 9 heteroatoms. The normalized spacial score (nSPS) is 11.0. The van der Waals surface area contributed by atoms with Crippen molar-refractivity contribution in [2.75, 3.05) is 0 Å². The number of rotatable bonds is 19. The van der Waals surface area contributed by atoms with E-state index in [4.69, 9.17) is 0 Å². The first-order valence-corrected chi connectivity index (χ1v) is 37.6. The number of ketones is 3. The molecule has 0 aliphatic heterocycles. The van der Waals surface area contributed by atoms with Crippen LogP contribution in [0.2, 0.25) is 0 Å². The summed E-state index contributed by atoms with van der Waals surface area (Å²) in [6.45, 7) is 4.90. The van der Waals surface area contributed by atoms with Gasteiger partial charge in [-0.1, -0.05) is 433 Å². The molecule has 0 unspecified atom stereocenters. The van der Waals surface area contributed by atoms with Gasteiger partial charge in [-0.15, -0.1) is 5.60 Å². The fourth-order valence-electron chi connectivity index (χ4n) is 11.2. The smallest absolute Gasteiger partial charge is 0.850 e. The molecule has 0 heterocycles. The SMILES string of the molecule is CC(C)(C)[O-].O=C(/C=C/c1ccccc1)/C=C/c1ccccc1.O=C(/C=C/c1ccccc1)/C=C/c1ccccc1.O=C(/C=C/c1ccccc1)/C=C/c1ccccc1.[Na+].[Pd].[Pd].c1ccc(P(c2ccccc2)c2ccc3ccccc3c2-c2c(P(c3ccccc3)c3ccccc3)ccc3ccccc23)cc1. The van der Waals surface area contributed by atoms with Crippen LogP contribution in [0.25, 0.3) is 69.1 Å². The summed E-state index contributed by atoms with van der Waals surface area (Å²) < 4.78 is 0. The molecule has 0 fully saturated rings. The van der Waals surface area contributed by atoms with Gasteiger partial charge < -0.3 is 5.11 Å². The van der Waals surface area contributed by atoms with Crippen LogP contribution in [0.1, 0.15) is 54.2 Å². The van der Waals surface area contributed by atoms with Crippen molar-refractivity contribution in [3.05, 3.63) is 446 Å². The van der Waals surface area contributed by atoms with E-state index in [1.54, 1.807) is 57.2 Å². The molecule has 4 nitrogen and oxygen atoms in total. The van der Waals surface area contributed by atoms with Crippen molar-refractivity contribution < 1.29 is 89.9 Å². The van der Waals surface area contributed by atoms with Gasteiger partial charge in [0, 0.05) is 40.8 Å². The second-order valence-corrected chi connectivity index (χ2v) is 29.5. The van der Waals surface area contributed by atoms with Crippen molar-refractivity contribution in [1.82, 2.24) is 0 Å². The number of carbonyl (C=O) groups excluding carboxylic acids is 3. The number of hydrogen-bond acceptors (Lipinski definition) is 4. The minimum atomic E-state index is -0.852. The van der Waals surface area contributed by atoms with Crippen molar-refractivity contribution in [2.45, 2.75) is 26.4 Å². The van der Waals surface area contributed by atoms with E-state index in [0.717, 1.165) is 33.4 Å². The summed E-state index contributed by atoms with van der Waals surface area (Å²) in [5.74, 6) is -0.0341. The van der Waals surface area contributed by atoms with Gasteiger partial charge in [0.05, 0.1) is 0 Å². The number of fused-ring (bicyclic) bond motifs is 2. The molecule has 0 aliphatic rings. The molecule has 0 bridgehead atoms. The van der Waals surface area contributed by atoms with Crippen molar-refractivity contribution in [1.29, 1.82) is 0 Å². The molecule has 534 valence electrons. The number of allylic oxidation sites excluding steroid dienone is 6. The molecule has 0 N–H and O–H groups in total. The summed E-state index contributed by atoms with van der Waals surface area (Å²) in [7, 11) is -1.70. The Morgan fingerprint density at radius 1 is 0.250 bits per heavy atom. The minimum Gasteiger partial charge on any atom is -0.850 e. The van der Waals surface area contributed by atoms with Gasteiger partial charge in [0.15, 0.2) is 17.3 Å². The number of hydrogen-bond donors (Lipinski definition) is 0. The van der Waals surface area contributed by atoms with Gasteiger partial charge in [0.1, 0.15) is 0 Å². The van der Waals surface area contributed by atoms with Gasteiger partial charge in [0.2, 0.25) is 0 Å². The predicted molar refractivity (Wildman–Crippen MR) is 452 cm³/mol. The molecule has 14 aromatic rings. The largest absolute Gasteiger partial charge is 1.00 e. The minimum absolute atomic E-state index is 0. The van der Waals surface area contributed by atoms with Crippen molar-refractivity contribution in [3.63, 3.8) is 0 Å². The van der Waals surface area contributed by atoms with Crippen LogP contribution in [0, 0.1) is 0 Å². The number of carbonyl (C=O) groups is 3. The van der Waals surface area contributed by atoms with Crippen molar-refractivity contribution in [3.8, 4) is 11.1 Å². The summed E-state index contributed by atoms with van der Waals surface area (Å²) in [6.07, 6.45) is 20.4. The van der Waals surface area contributed by atoms with E-state index in [0.29, 0.717) is 0 Å². The van der Waals surface area contributed by atoms with E-state index in [2.05, 4.69) is 194 Å². The van der Waals surface area contributed by atoms with Gasteiger partial charge >= 0.3 is 29.6 Å². The molecule has 0 aliphatic carbocycles. The van der Waals surface area contributed by atoms with Crippen LogP contribution >= 0.6 is 15.8 Å². The third-order valence-electron chi connectivity index (χ3n) is 16.0. The Morgan fingerprint density at radius 2 is 0.417 bits per heavy atom. The van der Waals surface area contributed by atoms with E-state index >= 15 is 0 Å². The summed E-state index contributed by atoms with van der Waals surface area (Å²) in [5.41, 5.74) is 8.11. The summed E-state index contributed by atoms with van der Waals surface area (Å²) in [5, 5.41) is 23.4. The molecule has 0 spiro atoms. The summed E-state index contributed by atoms with van der Waals surface area (Å²) in [6, 6.07) is 130. The Kier molecular flexibility index (Phi) is 36.7. The van der Waals surface area contributed by atoms with Crippen LogP contribution < -0.4 is 66.5 Å². The topological polar surface area (TPSA) is 74.3 Å². The Hall–Kier alpha value is -9.81. The van der Waals surface area contributed by atoms with Crippen LogP contribution in [0.15, 0.2) is 413 Å². The zero-order valence-corrected chi connectivity index (χ0v) is 67.8.